The van der Waals surface area contributed by atoms with Crippen LogP contribution in [0.15, 0.2) is 60.7 Å². The van der Waals surface area contributed by atoms with Gasteiger partial charge in [0, 0.05) is 28.3 Å². The van der Waals surface area contributed by atoms with Crippen LogP contribution in [0.5, 0.6) is 5.75 Å². The molecule has 1 aliphatic heterocycles. The van der Waals surface area contributed by atoms with Crippen molar-refractivity contribution in [3.05, 3.63) is 77.5 Å². The number of benzene rings is 2. The number of fused-ring (bicyclic) bond motifs is 1. The van der Waals surface area contributed by atoms with Crippen molar-refractivity contribution >= 4 is 34.3 Å². The molecule has 1 aromatic heterocycles. The Morgan fingerprint density at radius 3 is 2.81 bits per heavy atom. The van der Waals surface area contributed by atoms with Gasteiger partial charge in [0.05, 0.1) is 11.2 Å². The first-order chi connectivity index (χ1) is 15.6. The molecule has 4 rings (SSSR count). The van der Waals surface area contributed by atoms with Gasteiger partial charge in [-0.15, -0.1) is 0 Å². The first-order valence-electron chi connectivity index (χ1n) is 10.2. The van der Waals surface area contributed by atoms with Crippen LogP contribution < -0.4 is 15.7 Å². The summed E-state index contributed by atoms with van der Waals surface area (Å²) in [6.45, 7) is 2.44. The number of aromatic nitrogens is 1. The number of para-hydroxylation sites is 1. The molecule has 166 valence electrons. The number of hydrogen-bond donors (Lipinski definition) is 3. The zero-order valence-corrected chi connectivity index (χ0v) is 18.7. The fourth-order valence-corrected chi connectivity index (χ4v) is 4.39. The van der Waals surface area contributed by atoms with E-state index in [0.29, 0.717) is 6.61 Å². The van der Waals surface area contributed by atoms with E-state index in [-0.39, 0.29) is 17.8 Å². The van der Waals surface area contributed by atoms with Gasteiger partial charge in [-0.1, -0.05) is 18.2 Å². The highest BCUT2D eigenvalue weighted by atomic mass is 32.2. The summed E-state index contributed by atoms with van der Waals surface area (Å²) >= 11 is 1.51. The molecule has 2 atom stereocenters. The van der Waals surface area contributed by atoms with Crippen molar-refractivity contribution in [3.63, 3.8) is 0 Å². The summed E-state index contributed by atoms with van der Waals surface area (Å²) in [6, 6.07) is 17.9. The van der Waals surface area contributed by atoms with Crippen LogP contribution in [0.25, 0.3) is 16.6 Å². The van der Waals surface area contributed by atoms with Crippen LogP contribution in [0, 0.1) is 6.92 Å². The molecule has 2 aromatic carbocycles. The fourth-order valence-electron chi connectivity index (χ4n) is 3.67. The van der Waals surface area contributed by atoms with Gasteiger partial charge in [-0.3, -0.25) is 25.3 Å². The Kier molecular flexibility index (Phi) is 6.94. The highest BCUT2D eigenvalue weighted by Gasteiger charge is 2.28. The van der Waals surface area contributed by atoms with Gasteiger partial charge in [-0.05, 0) is 61.2 Å². The third-order valence-corrected chi connectivity index (χ3v) is 6.35. The lowest BCUT2D eigenvalue weighted by Crippen LogP contribution is -2.30. The number of hydrogen-bond acceptors (Lipinski definition) is 7. The van der Waals surface area contributed by atoms with E-state index in [1.54, 1.807) is 5.48 Å². The van der Waals surface area contributed by atoms with E-state index in [9.17, 15) is 4.79 Å². The van der Waals surface area contributed by atoms with Gasteiger partial charge in [-0.25, -0.2) is 5.48 Å². The molecule has 0 bridgehead atoms. The Morgan fingerprint density at radius 2 is 2.06 bits per heavy atom. The normalized spacial score (nSPS) is 16.3. The lowest BCUT2D eigenvalue weighted by Gasteiger charge is -2.17. The molecule has 0 radical (unpaired) electrons. The number of thioether (sulfide) groups is 1. The number of nitrogens with one attached hydrogen (secondary N) is 2. The summed E-state index contributed by atoms with van der Waals surface area (Å²) in [4.78, 5) is 21.7. The summed E-state index contributed by atoms with van der Waals surface area (Å²) in [7, 11) is 0. The van der Waals surface area contributed by atoms with Gasteiger partial charge in [-0.2, -0.15) is 11.8 Å². The number of pyridine rings is 1. The molecule has 0 saturated carbocycles. The molecule has 0 aliphatic carbocycles. The minimum atomic E-state index is -0.437. The van der Waals surface area contributed by atoms with Crippen molar-refractivity contribution in [2.45, 2.75) is 31.3 Å². The Labute approximate surface area is 190 Å². The monoisotopic (exact) mass is 451 g/mol. The Balaban J connectivity index is 1.42. The van der Waals surface area contributed by atoms with Gasteiger partial charge in [0.15, 0.2) is 0 Å². The first-order valence-corrected chi connectivity index (χ1v) is 11.5. The maximum absolute atomic E-state index is 11.5. The van der Waals surface area contributed by atoms with E-state index in [0.717, 1.165) is 39.2 Å². The summed E-state index contributed by atoms with van der Waals surface area (Å²) in [5.41, 5.74) is 9.43. The van der Waals surface area contributed by atoms with Gasteiger partial charge in [0.2, 0.25) is 5.91 Å². The van der Waals surface area contributed by atoms with Gasteiger partial charge in [0.25, 0.3) is 0 Å². The van der Waals surface area contributed by atoms with Crippen molar-refractivity contribution in [1.29, 1.82) is 0 Å². The van der Waals surface area contributed by atoms with E-state index in [1.165, 1.54) is 11.8 Å². The smallest absolute Gasteiger partial charge is 0.244 e. The van der Waals surface area contributed by atoms with E-state index < -0.39 is 5.91 Å². The molecule has 1 aliphatic rings. The average Bonchev–Trinajstić information content (AvgIpc) is 3.31. The van der Waals surface area contributed by atoms with E-state index in [4.69, 9.17) is 14.8 Å². The van der Waals surface area contributed by atoms with Crippen LogP contribution in [0.4, 0.5) is 0 Å². The van der Waals surface area contributed by atoms with Crippen LogP contribution in [-0.4, -0.2) is 33.7 Å². The van der Waals surface area contributed by atoms with Crippen molar-refractivity contribution in [3.8, 4) is 5.75 Å². The molecule has 1 amide bonds. The van der Waals surface area contributed by atoms with Crippen molar-refractivity contribution in [1.82, 2.24) is 15.9 Å². The molecule has 0 fully saturated rings. The summed E-state index contributed by atoms with van der Waals surface area (Å²) in [5, 5.41) is 9.74. The predicted octanol–water partition coefficient (Wildman–Crippen LogP) is 3.99. The van der Waals surface area contributed by atoms with Gasteiger partial charge in [0.1, 0.15) is 18.5 Å². The van der Waals surface area contributed by atoms with Crippen LogP contribution in [-0.2, 0) is 16.2 Å². The van der Waals surface area contributed by atoms with Crippen LogP contribution in [0.3, 0.4) is 0 Å². The number of carbonyl (C=O) groups excluding carboxylic acids is 1. The SMILES string of the molecule is CSC(CC(=O)NO)C1C=C(c2ccc(OCc3cc(C)nc4ccccc34)cc2)NO1. The highest BCUT2D eigenvalue weighted by Crippen LogP contribution is 2.28. The van der Waals surface area contributed by atoms with Crippen LogP contribution in [0.1, 0.15) is 23.2 Å². The Morgan fingerprint density at radius 1 is 1.28 bits per heavy atom. The number of aryl methyl sites for hydroxylation is 1. The molecule has 2 heterocycles. The third-order valence-electron chi connectivity index (χ3n) is 5.31. The second kappa shape index (κ2) is 10.0. The molecular formula is C24H25N3O4S. The zero-order chi connectivity index (χ0) is 22.5. The Hall–Kier alpha value is -3.07. The number of amides is 1. The minimum absolute atomic E-state index is 0.117. The number of hydroxylamine groups is 2. The second-order valence-electron chi connectivity index (χ2n) is 7.53. The van der Waals surface area contributed by atoms with E-state index >= 15 is 0 Å². The maximum Gasteiger partial charge on any atom is 0.244 e. The molecule has 7 nitrogen and oxygen atoms in total. The summed E-state index contributed by atoms with van der Waals surface area (Å²) < 4.78 is 6.04. The molecule has 3 aromatic rings. The molecule has 0 saturated heterocycles. The van der Waals surface area contributed by atoms with Crippen molar-refractivity contribution in [2.24, 2.45) is 0 Å². The van der Waals surface area contributed by atoms with Gasteiger partial charge >= 0.3 is 0 Å². The number of ether oxygens (including phenoxy) is 1. The zero-order valence-electron chi connectivity index (χ0n) is 17.9. The molecule has 2 unspecified atom stereocenters. The molecular weight excluding hydrogens is 426 g/mol. The van der Waals surface area contributed by atoms with Crippen molar-refractivity contribution < 1.29 is 19.6 Å². The fraction of sp³-hybridized carbons (Fsp3) is 0.250. The van der Waals surface area contributed by atoms with Gasteiger partial charge < -0.3 is 4.74 Å². The van der Waals surface area contributed by atoms with Crippen LogP contribution >= 0.6 is 11.8 Å². The first kappa shape index (κ1) is 22.1. The largest absolute Gasteiger partial charge is 0.489 e. The highest BCUT2D eigenvalue weighted by molar-refractivity contribution is 7.99. The molecule has 8 heteroatoms. The number of nitrogens with zero attached hydrogens (tertiary/aromatic N) is 1. The molecule has 3 N–H and O–H groups in total. The second-order valence-corrected chi connectivity index (χ2v) is 8.61. The standard InChI is InChI=1S/C24H25N3O4S/c1-15-11-17(19-5-3-4-6-20(19)25-15)14-30-18-9-7-16(8-10-18)21-12-22(31-27-21)23(32-2)13-24(28)26-29/h3-12,22-23,27,29H,13-14H2,1-2H3,(H,26,28). The number of rotatable bonds is 8. The quantitative estimate of drug-likeness (QED) is 0.352. The molecule has 32 heavy (non-hydrogen) atoms. The number of carbonyl (C=O) groups is 1. The topological polar surface area (TPSA) is 92.7 Å². The summed E-state index contributed by atoms with van der Waals surface area (Å²) in [5.74, 6) is 0.332. The maximum atomic E-state index is 11.5. The minimum Gasteiger partial charge on any atom is -0.489 e. The van der Waals surface area contributed by atoms with Crippen molar-refractivity contribution in [2.75, 3.05) is 6.26 Å². The lowest BCUT2D eigenvalue weighted by atomic mass is 10.1. The summed E-state index contributed by atoms with van der Waals surface area (Å²) in [6.07, 6.45) is 3.73. The predicted molar refractivity (Wildman–Crippen MR) is 125 cm³/mol. The van der Waals surface area contributed by atoms with Crippen LogP contribution in [0.2, 0.25) is 0 Å². The average molecular weight is 452 g/mol. The molecule has 0 spiro atoms. The van der Waals surface area contributed by atoms with E-state index in [2.05, 4.69) is 22.6 Å². The van der Waals surface area contributed by atoms with E-state index in [1.807, 2.05) is 61.7 Å². The lowest BCUT2D eigenvalue weighted by molar-refractivity contribution is -0.129. The Bertz CT molecular complexity index is 1130. The third kappa shape index (κ3) is 5.04.